The number of carboxylic acids is 1. The lowest BCUT2D eigenvalue weighted by atomic mass is 10.0. The van der Waals surface area contributed by atoms with Crippen molar-refractivity contribution in [1.82, 2.24) is 0 Å². The molecule has 0 aromatic rings. The molecule has 2 nitrogen and oxygen atoms in total. The molecule has 0 aromatic carbocycles. The molecule has 0 radical (unpaired) electrons. The first kappa shape index (κ1) is 11.8. The Kier molecular flexibility index (Phi) is 6.25. The summed E-state index contributed by atoms with van der Waals surface area (Å²) >= 11 is 1.53. The molecule has 0 aliphatic rings. The van der Waals surface area contributed by atoms with Crippen LogP contribution in [0.1, 0.15) is 33.6 Å². The average molecular weight is 190 g/mol. The molecule has 0 saturated carbocycles. The van der Waals surface area contributed by atoms with E-state index < -0.39 is 5.97 Å². The molecule has 12 heavy (non-hydrogen) atoms. The highest BCUT2D eigenvalue weighted by Gasteiger charge is 2.23. The molecule has 0 aliphatic carbocycles. The number of carboxylic acid groups (broad SMARTS) is 1. The van der Waals surface area contributed by atoms with Crippen molar-refractivity contribution in [3.05, 3.63) is 0 Å². The van der Waals surface area contributed by atoms with Crippen LogP contribution >= 0.6 is 11.8 Å². The van der Waals surface area contributed by atoms with Crippen molar-refractivity contribution in [1.29, 1.82) is 0 Å². The molecule has 1 N–H and O–H groups in total. The van der Waals surface area contributed by atoms with Gasteiger partial charge in [0.2, 0.25) is 0 Å². The van der Waals surface area contributed by atoms with Crippen LogP contribution in [-0.2, 0) is 4.79 Å². The van der Waals surface area contributed by atoms with E-state index in [0.717, 1.165) is 18.6 Å². The number of rotatable bonds is 6. The maximum Gasteiger partial charge on any atom is 0.316 e. The summed E-state index contributed by atoms with van der Waals surface area (Å²) in [6, 6.07) is 0. The molecule has 0 bridgehead atoms. The lowest BCUT2D eigenvalue weighted by molar-refractivity contribution is -0.137. The zero-order valence-electron chi connectivity index (χ0n) is 8.04. The fourth-order valence-corrected chi connectivity index (χ4v) is 2.23. The zero-order valence-corrected chi connectivity index (χ0v) is 8.86. The highest BCUT2D eigenvalue weighted by atomic mass is 32.2. The highest BCUT2D eigenvalue weighted by Crippen LogP contribution is 2.23. The van der Waals surface area contributed by atoms with Crippen LogP contribution in [0, 0.1) is 5.92 Å². The van der Waals surface area contributed by atoms with Crippen molar-refractivity contribution in [3.63, 3.8) is 0 Å². The summed E-state index contributed by atoms with van der Waals surface area (Å²) in [5.74, 6) is 0.505. The Morgan fingerprint density at radius 3 is 2.42 bits per heavy atom. The Morgan fingerprint density at radius 2 is 2.08 bits per heavy atom. The summed E-state index contributed by atoms with van der Waals surface area (Å²) in [7, 11) is 0. The third-order valence-electron chi connectivity index (χ3n) is 1.85. The maximum absolute atomic E-state index is 10.8. The number of hydrogen-bond acceptors (Lipinski definition) is 2. The minimum absolute atomic E-state index is 0.213. The molecular formula is C9H18O2S. The quantitative estimate of drug-likeness (QED) is 0.699. The van der Waals surface area contributed by atoms with Gasteiger partial charge in [-0.15, -0.1) is 11.8 Å². The van der Waals surface area contributed by atoms with Gasteiger partial charge in [-0.25, -0.2) is 0 Å². The number of thioether (sulfide) groups is 1. The van der Waals surface area contributed by atoms with Crippen LogP contribution < -0.4 is 0 Å². The fraction of sp³-hybridized carbons (Fsp3) is 0.889. The molecule has 0 heterocycles. The summed E-state index contributed by atoms with van der Waals surface area (Å²) in [4.78, 5) is 10.8. The molecule has 0 aliphatic heterocycles. The predicted molar refractivity (Wildman–Crippen MR) is 53.6 cm³/mol. The van der Waals surface area contributed by atoms with Crippen molar-refractivity contribution >= 4 is 17.7 Å². The smallest absolute Gasteiger partial charge is 0.316 e. The van der Waals surface area contributed by atoms with Crippen molar-refractivity contribution in [2.45, 2.75) is 38.9 Å². The van der Waals surface area contributed by atoms with Gasteiger partial charge in [0.25, 0.3) is 0 Å². The van der Waals surface area contributed by atoms with Gasteiger partial charge in [0.05, 0.1) is 0 Å². The second-order valence-corrected chi connectivity index (χ2v) is 4.40. The van der Waals surface area contributed by atoms with Gasteiger partial charge in [-0.3, -0.25) is 4.79 Å². The minimum Gasteiger partial charge on any atom is -0.480 e. The van der Waals surface area contributed by atoms with E-state index in [0.29, 0.717) is 0 Å². The van der Waals surface area contributed by atoms with Crippen molar-refractivity contribution in [2.24, 2.45) is 5.92 Å². The third kappa shape index (κ3) is 4.00. The molecule has 0 saturated heterocycles. The van der Waals surface area contributed by atoms with Gasteiger partial charge < -0.3 is 5.11 Å². The Bertz CT molecular complexity index is 136. The Hall–Kier alpha value is -0.180. The average Bonchev–Trinajstić information content (AvgIpc) is 1.99. The molecule has 0 spiro atoms. The Balaban J connectivity index is 3.99. The first-order chi connectivity index (χ1) is 5.63. The van der Waals surface area contributed by atoms with E-state index in [1.165, 1.54) is 11.8 Å². The van der Waals surface area contributed by atoms with Crippen molar-refractivity contribution in [2.75, 3.05) is 5.75 Å². The van der Waals surface area contributed by atoms with E-state index in [2.05, 4.69) is 6.92 Å². The number of aliphatic carboxylic acids is 1. The topological polar surface area (TPSA) is 37.3 Å². The molecule has 2 atom stereocenters. The van der Waals surface area contributed by atoms with E-state index in [-0.39, 0.29) is 11.2 Å². The van der Waals surface area contributed by atoms with Crippen LogP contribution in [-0.4, -0.2) is 22.1 Å². The number of hydrogen-bond donors (Lipinski definition) is 1. The molecule has 72 valence electrons. The van der Waals surface area contributed by atoms with Gasteiger partial charge in [-0.1, -0.05) is 27.2 Å². The van der Waals surface area contributed by atoms with E-state index in [1.807, 2.05) is 13.8 Å². The fourth-order valence-electron chi connectivity index (χ4n) is 1.27. The second kappa shape index (κ2) is 6.35. The summed E-state index contributed by atoms with van der Waals surface area (Å²) < 4.78 is 0. The predicted octanol–water partition coefficient (Wildman–Crippen LogP) is 2.63. The van der Waals surface area contributed by atoms with Gasteiger partial charge in [-0.2, -0.15) is 0 Å². The monoisotopic (exact) mass is 190 g/mol. The third-order valence-corrected chi connectivity index (χ3v) is 3.21. The molecule has 0 amide bonds. The molecule has 0 fully saturated rings. The van der Waals surface area contributed by atoms with E-state index in [1.54, 1.807) is 0 Å². The van der Waals surface area contributed by atoms with Crippen LogP contribution in [0.25, 0.3) is 0 Å². The van der Waals surface area contributed by atoms with Gasteiger partial charge >= 0.3 is 5.97 Å². The van der Waals surface area contributed by atoms with E-state index >= 15 is 0 Å². The molecule has 2 unspecified atom stereocenters. The van der Waals surface area contributed by atoms with Crippen molar-refractivity contribution < 1.29 is 9.90 Å². The standard InChI is InChI=1S/C9H18O2S/c1-4-6-7(3)8(9(10)11)12-5-2/h7-8H,4-6H2,1-3H3,(H,10,11). The minimum atomic E-state index is -0.664. The van der Waals surface area contributed by atoms with Gasteiger partial charge in [0, 0.05) is 0 Å². The summed E-state index contributed by atoms with van der Waals surface area (Å²) in [5, 5.41) is 8.67. The first-order valence-electron chi connectivity index (χ1n) is 4.47. The summed E-state index contributed by atoms with van der Waals surface area (Å²) in [6.07, 6.45) is 2.07. The molecule has 0 rings (SSSR count). The van der Waals surface area contributed by atoms with Crippen LogP contribution in [0.4, 0.5) is 0 Å². The summed E-state index contributed by atoms with van der Waals surface area (Å²) in [6.45, 7) is 6.11. The van der Waals surface area contributed by atoms with Gasteiger partial charge in [0.1, 0.15) is 5.25 Å². The van der Waals surface area contributed by atoms with Crippen LogP contribution in [0.3, 0.4) is 0 Å². The lowest BCUT2D eigenvalue weighted by Crippen LogP contribution is -2.24. The van der Waals surface area contributed by atoms with E-state index in [9.17, 15) is 4.79 Å². The zero-order chi connectivity index (χ0) is 9.56. The maximum atomic E-state index is 10.8. The molecular weight excluding hydrogens is 172 g/mol. The summed E-state index contributed by atoms with van der Waals surface area (Å²) in [5.41, 5.74) is 0. The second-order valence-electron chi connectivity index (χ2n) is 2.98. The lowest BCUT2D eigenvalue weighted by Gasteiger charge is -2.17. The van der Waals surface area contributed by atoms with Gasteiger partial charge in [-0.05, 0) is 18.1 Å². The van der Waals surface area contributed by atoms with Crippen LogP contribution in [0.2, 0.25) is 0 Å². The van der Waals surface area contributed by atoms with Crippen LogP contribution in [0.5, 0.6) is 0 Å². The Morgan fingerprint density at radius 1 is 1.50 bits per heavy atom. The Labute approximate surface area is 78.7 Å². The highest BCUT2D eigenvalue weighted by molar-refractivity contribution is 8.00. The molecule has 3 heteroatoms. The van der Waals surface area contributed by atoms with Gasteiger partial charge in [0.15, 0.2) is 0 Å². The normalized spacial score (nSPS) is 15.6. The molecule has 0 aromatic heterocycles. The first-order valence-corrected chi connectivity index (χ1v) is 5.52. The largest absolute Gasteiger partial charge is 0.480 e. The van der Waals surface area contributed by atoms with Crippen LogP contribution in [0.15, 0.2) is 0 Å². The van der Waals surface area contributed by atoms with Crippen molar-refractivity contribution in [3.8, 4) is 0 Å². The number of carbonyl (C=O) groups is 1. The SMILES string of the molecule is CCCC(C)C(SCC)C(=O)O. The van der Waals surface area contributed by atoms with E-state index in [4.69, 9.17) is 5.11 Å².